The van der Waals surface area contributed by atoms with Gasteiger partial charge in [-0.15, -0.1) is 12.4 Å². The van der Waals surface area contributed by atoms with Crippen molar-refractivity contribution in [2.75, 3.05) is 13.6 Å². The molecule has 2 nitrogen and oxygen atoms in total. The molecule has 0 aliphatic rings. The van der Waals surface area contributed by atoms with Gasteiger partial charge in [-0.25, -0.2) is 0 Å². The summed E-state index contributed by atoms with van der Waals surface area (Å²) in [5.74, 6) is 0. The third-order valence-corrected chi connectivity index (χ3v) is 2.62. The van der Waals surface area contributed by atoms with Crippen LogP contribution in [0.25, 0.3) is 0 Å². The van der Waals surface area contributed by atoms with Gasteiger partial charge in [0.2, 0.25) is 0 Å². The number of hydrogen-bond acceptors (Lipinski definition) is 2. The van der Waals surface area contributed by atoms with Crippen molar-refractivity contribution in [2.24, 2.45) is 5.73 Å². The average Bonchev–Trinajstić information content (AvgIpc) is 2.08. The van der Waals surface area contributed by atoms with Crippen LogP contribution in [0.5, 0.6) is 0 Å². The van der Waals surface area contributed by atoms with Crippen molar-refractivity contribution >= 4 is 12.4 Å². The molecule has 0 saturated heterocycles. The van der Waals surface area contributed by atoms with Gasteiger partial charge in [0.05, 0.1) is 0 Å². The standard InChI is InChI=1S/C14H24N2.ClH/c1-11-6-7-12(2)13(8-11)9-16(5)10-14(3,4)15;/h6-8H,9-10,15H2,1-5H3;1H. The number of halogens is 1. The maximum Gasteiger partial charge on any atom is 0.0234 e. The first-order valence-corrected chi connectivity index (χ1v) is 5.81. The molecule has 2 N–H and O–H groups in total. The lowest BCUT2D eigenvalue weighted by atomic mass is 10.0. The second-order valence-electron chi connectivity index (χ2n) is 5.59. The average molecular weight is 257 g/mol. The van der Waals surface area contributed by atoms with Crippen molar-refractivity contribution in [3.8, 4) is 0 Å². The molecule has 0 spiro atoms. The lowest BCUT2D eigenvalue weighted by Crippen LogP contribution is -2.43. The summed E-state index contributed by atoms with van der Waals surface area (Å²) in [6.45, 7) is 10.3. The Morgan fingerprint density at radius 1 is 1.24 bits per heavy atom. The summed E-state index contributed by atoms with van der Waals surface area (Å²) in [6, 6.07) is 6.60. The van der Waals surface area contributed by atoms with Crippen molar-refractivity contribution in [3.63, 3.8) is 0 Å². The van der Waals surface area contributed by atoms with Crippen molar-refractivity contribution in [2.45, 2.75) is 39.8 Å². The topological polar surface area (TPSA) is 29.3 Å². The quantitative estimate of drug-likeness (QED) is 0.898. The Bertz CT molecular complexity index is 356. The van der Waals surface area contributed by atoms with Gasteiger partial charge in [0.25, 0.3) is 0 Å². The van der Waals surface area contributed by atoms with Crippen LogP contribution in [-0.4, -0.2) is 24.0 Å². The van der Waals surface area contributed by atoms with Crippen molar-refractivity contribution in [1.29, 1.82) is 0 Å². The lowest BCUT2D eigenvalue weighted by Gasteiger charge is -2.27. The van der Waals surface area contributed by atoms with Crippen LogP contribution >= 0.6 is 12.4 Å². The summed E-state index contributed by atoms with van der Waals surface area (Å²) in [4.78, 5) is 2.28. The zero-order valence-electron chi connectivity index (χ0n) is 11.6. The Morgan fingerprint density at radius 3 is 2.35 bits per heavy atom. The predicted octanol–water partition coefficient (Wildman–Crippen LogP) is 2.89. The Balaban J connectivity index is 0.00000256. The molecule has 17 heavy (non-hydrogen) atoms. The van der Waals surface area contributed by atoms with Crippen LogP contribution < -0.4 is 5.73 Å². The van der Waals surface area contributed by atoms with Crippen molar-refractivity contribution in [3.05, 3.63) is 34.9 Å². The Hall–Kier alpha value is -0.570. The molecule has 0 radical (unpaired) electrons. The van der Waals surface area contributed by atoms with E-state index in [9.17, 15) is 0 Å². The van der Waals surface area contributed by atoms with Gasteiger partial charge in [0, 0.05) is 18.6 Å². The molecule has 0 unspecified atom stereocenters. The minimum absolute atomic E-state index is 0. The number of aryl methyl sites for hydroxylation is 2. The smallest absolute Gasteiger partial charge is 0.0234 e. The van der Waals surface area contributed by atoms with Crippen LogP contribution in [0, 0.1) is 13.8 Å². The summed E-state index contributed by atoms with van der Waals surface area (Å²) >= 11 is 0. The Labute approximate surface area is 112 Å². The maximum absolute atomic E-state index is 6.02. The summed E-state index contributed by atoms with van der Waals surface area (Å²) in [7, 11) is 2.12. The summed E-state index contributed by atoms with van der Waals surface area (Å²) in [5.41, 5.74) is 9.95. The number of hydrogen-bond donors (Lipinski definition) is 1. The van der Waals surface area contributed by atoms with Crippen LogP contribution in [0.3, 0.4) is 0 Å². The molecule has 0 aliphatic carbocycles. The van der Waals surface area contributed by atoms with Crippen LogP contribution in [0.2, 0.25) is 0 Å². The molecule has 1 rings (SSSR count). The molecular weight excluding hydrogens is 232 g/mol. The van der Waals surface area contributed by atoms with E-state index in [-0.39, 0.29) is 17.9 Å². The Morgan fingerprint density at radius 2 is 1.82 bits per heavy atom. The first-order chi connectivity index (χ1) is 7.28. The van der Waals surface area contributed by atoms with Crippen LogP contribution in [0.4, 0.5) is 0 Å². The fraction of sp³-hybridized carbons (Fsp3) is 0.571. The number of likely N-dealkylation sites (N-methyl/N-ethyl adjacent to an activating group) is 1. The second-order valence-corrected chi connectivity index (χ2v) is 5.59. The van der Waals surface area contributed by atoms with E-state index >= 15 is 0 Å². The molecule has 98 valence electrons. The first-order valence-electron chi connectivity index (χ1n) is 5.81. The molecule has 0 aromatic heterocycles. The van der Waals surface area contributed by atoms with Crippen molar-refractivity contribution < 1.29 is 0 Å². The molecule has 1 aromatic rings. The van der Waals surface area contributed by atoms with Crippen LogP contribution in [0.15, 0.2) is 18.2 Å². The van der Waals surface area contributed by atoms with Crippen molar-refractivity contribution in [1.82, 2.24) is 4.90 Å². The van der Waals surface area contributed by atoms with E-state index in [1.807, 2.05) is 0 Å². The highest BCUT2D eigenvalue weighted by Crippen LogP contribution is 2.13. The highest BCUT2D eigenvalue weighted by atomic mass is 35.5. The van der Waals surface area contributed by atoms with E-state index in [0.717, 1.165) is 13.1 Å². The fourth-order valence-electron chi connectivity index (χ4n) is 2.01. The molecule has 1 aromatic carbocycles. The van der Waals surface area contributed by atoms with Gasteiger partial charge < -0.3 is 10.6 Å². The highest BCUT2D eigenvalue weighted by molar-refractivity contribution is 5.85. The van der Waals surface area contributed by atoms with Gasteiger partial charge in [0.15, 0.2) is 0 Å². The molecule has 0 amide bonds. The fourth-order valence-corrected chi connectivity index (χ4v) is 2.01. The normalized spacial score (nSPS) is 11.5. The largest absolute Gasteiger partial charge is 0.324 e. The minimum atomic E-state index is -0.132. The molecule has 0 aliphatic heterocycles. The van der Waals surface area contributed by atoms with Crippen LogP contribution in [0.1, 0.15) is 30.5 Å². The summed E-state index contributed by atoms with van der Waals surface area (Å²) in [6.07, 6.45) is 0. The lowest BCUT2D eigenvalue weighted by molar-refractivity contribution is 0.263. The maximum atomic E-state index is 6.02. The van der Waals surface area contributed by atoms with E-state index in [2.05, 4.69) is 57.8 Å². The van der Waals surface area contributed by atoms with Gasteiger partial charge in [-0.2, -0.15) is 0 Å². The highest BCUT2D eigenvalue weighted by Gasteiger charge is 2.14. The second kappa shape index (κ2) is 6.39. The molecular formula is C14H25ClN2. The van der Waals surface area contributed by atoms with E-state index in [1.54, 1.807) is 0 Å². The molecule has 0 heterocycles. The third-order valence-electron chi connectivity index (χ3n) is 2.62. The van der Waals surface area contributed by atoms with Gasteiger partial charge >= 0.3 is 0 Å². The van der Waals surface area contributed by atoms with E-state index in [1.165, 1.54) is 16.7 Å². The zero-order valence-corrected chi connectivity index (χ0v) is 12.4. The molecule has 0 saturated carbocycles. The molecule has 0 bridgehead atoms. The van der Waals surface area contributed by atoms with E-state index in [4.69, 9.17) is 5.73 Å². The molecule has 3 heteroatoms. The minimum Gasteiger partial charge on any atom is -0.324 e. The van der Waals surface area contributed by atoms with Gasteiger partial charge in [-0.1, -0.05) is 23.8 Å². The summed E-state index contributed by atoms with van der Waals surface area (Å²) < 4.78 is 0. The molecule has 0 fully saturated rings. The van der Waals surface area contributed by atoms with Gasteiger partial charge in [0.1, 0.15) is 0 Å². The summed E-state index contributed by atoms with van der Waals surface area (Å²) in [5, 5.41) is 0. The van der Waals surface area contributed by atoms with Crippen LogP contribution in [-0.2, 0) is 6.54 Å². The Kier molecular flexibility index (Phi) is 6.17. The number of benzene rings is 1. The van der Waals surface area contributed by atoms with E-state index in [0.29, 0.717) is 0 Å². The first kappa shape index (κ1) is 16.4. The number of nitrogens with two attached hydrogens (primary N) is 1. The van der Waals surface area contributed by atoms with Gasteiger partial charge in [-0.3, -0.25) is 0 Å². The van der Waals surface area contributed by atoms with E-state index < -0.39 is 0 Å². The monoisotopic (exact) mass is 256 g/mol. The predicted molar refractivity (Wildman–Crippen MR) is 77.8 cm³/mol. The SMILES string of the molecule is Cc1ccc(C)c(CN(C)CC(C)(C)N)c1.Cl. The number of rotatable bonds is 4. The number of nitrogens with zero attached hydrogens (tertiary/aromatic N) is 1. The van der Waals surface area contributed by atoms with Gasteiger partial charge in [-0.05, 0) is 45.9 Å². The molecule has 0 atom stereocenters. The third kappa shape index (κ3) is 6.06. The zero-order chi connectivity index (χ0) is 12.3.